The Balaban J connectivity index is 1.40. The van der Waals surface area contributed by atoms with Crippen LogP contribution in [0.2, 0.25) is 0 Å². The van der Waals surface area contributed by atoms with Gasteiger partial charge in [0.15, 0.2) is 0 Å². The molecule has 0 spiro atoms. The van der Waals surface area contributed by atoms with Gasteiger partial charge in [0.25, 0.3) is 0 Å². The van der Waals surface area contributed by atoms with Crippen molar-refractivity contribution < 1.29 is 4.90 Å². The van der Waals surface area contributed by atoms with Crippen LogP contribution in [0.15, 0.2) is 30.6 Å². The number of hydrogen-bond donors (Lipinski definition) is 2. The Bertz CT molecular complexity index is 973. The Kier molecular flexibility index (Phi) is 4.69. The van der Waals surface area contributed by atoms with Crippen LogP contribution in [0.3, 0.4) is 0 Å². The highest BCUT2D eigenvalue weighted by molar-refractivity contribution is 7.19. The summed E-state index contributed by atoms with van der Waals surface area (Å²) in [6.07, 6.45) is 5.27. The van der Waals surface area contributed by atoms with Crippen molar-refractivity contribution in [1.29, 1.82) is 0 Å². The van der Waals surface area contributed by atoms with Gasteiger partial charge in [-0.2, -0.15) is 0 Å². The average molecular weight is 395 g/mol. The fourth-order valence-electron chi connectivity index (χ4n) is 4.41. The van der Waals surface area contributed by atoms with Gasteiger partial charge in [0.2, 0.25) is 0 Å². The molecule has 28 heavy (non-hydrogen) atoms. The third-order valence-electron chi connectivity index (χ3n) is 6.20. The molecule has 2 N–H and O–H groups in total. The molecule has 1 saturated heterocycles. The topological polar surface area (TPSA) is 45.5 Å². The fourth-order valence-corrected chi connectivity index (χ4v) is 5.76. The highest BCUT2D eigenvalue weighted by Crippen LogP contribution is 2.40. The van der Waals surface area contributed by atoms with Crippen LogP contribution < -0.4 is 15.1 Å². The van der Waals surface area contributed by atoms with E-state index in [0.717, 1.165) is 41.8 Å². The SMILES string of the molecule is CC1CCc2c(sc3ncnc(Nc4ccc(N5CC[NH+](C)CC5)cc4)c23)C1. The van der Waals surface area contributed by atoms with Crippen molar-refractivity contribution in [1.82, 2.24) is 9.97 Å². The molecule has 1 atom stereocenters. The van der Waals surface area contributed by atoms with Crippen molar-refractivity contribution in [2.75, 3.05) is 43.4 Å². The number of benzene rings is 1. The second-order valence-electron chi connectivity index (χ2n) is 8.37. The predicted molar refractivity (Wildman–Crippen MR) is 117 cm³/mol. The predicted octanol–water partition coefficient (Wildman–Crippen LogP) is 2.89. The summed E-state index contributed by atoms with van der Waals surface area (Å²) >= 11 is 1.85. The Morgan fingerprint density at radius 2 is 1.93 bits per heavy atom. The molecule has 5 nitrogen and oxygen atoms in total. The maximum atomic E-state index is 4.59. The van der Waals surface area contributed by atoms with Crippen molar-refractivity contribution in [3.8, 4) is 0 Å². The van der Waals surface area contributed by atoms with E-state index < -0.39 is 0 Å². The maximum absolute atomic E-state index is 4.59. The van der Waals surface area contributed by atoms with E-state index in [4.69, 9.17) is 0 Å². The number of likely N-dealkylation sites (N-methyl/N-ethyl adjacent to an activating group) is 1. The van der Waals surface area contributed by atoms with Crippen LogP contribution in [-0.2, 0) is 12.8 Å². The first-order valence-electron chi connectivity index (χ1n) is 10.4. The summed E-state index contributed by atoms with van der Waals surface area (Å²) in [5, 5.41) is 4.80. The third kappa shape index (κ3) is 3.35. The van der Waals surface area contributed by atoms with E-state index in [2.05, 4.69) is 58.4 Å². The van der Waals surface area contributed by atoms with Gasteiger partial charge in [-0.15, -0.1) is 11.3 Å². The van der Waals surface area contributed by atoms with Crippen LogP contribution in [0.1, 0.15) is 23.8 Å². The first-order valence-corrected chi connectivity index (χ1v) is 11.2. The van der Waals surface area contributed by atoms with Gasteiger partial charge in [0.1, 0.15) is 17.0 Å². The Morgan fingerprint density at radius 3 is 2.71 bits per heavy atom. The summed E-state index contributed by atoms with van der Waals surface area (Å²) in [4.78, 5) is 15.9. The van der Waals surface area contributed by atoms with Gasteiger partial charge in [-0.25, -0.2) is 9.97 Å². The number of fused-ring (bicyclic) bond motifs is 3. The molecule has 1 aliphatic carbocycles. The minimum atomic E-state index is 0.772. The number of anilines is 3. The van der Waals surface area contributed by atoms with E-state index in [9.17, 15) is 0 Å². The molecule has 1 aromatic carbocycles. The highest BCUT2D eigenvalue weighted by atomic mass is 32.1. The van der Waals surface area contributed by atoms with Crippen molar-refractivity contribution in [2.24, 2.45) is 5.92 Å². The molecule has 1 aliphatic heterocycles. The normalized spacial score (nSPS) is 20.4. The van der Waals surface area contributed by atoms with Gasteiger partial charge in [0, 0.05) is 16.3 Å². The van der Waals surface area contributed by atoms with E-state index in [1.807, 2.05) is 11.3 Å². The molecular formula is C22H28N5S+. The van der Waals surface area contributed by atoms with Crippen molar-refractivity contribution in [3.63, 3.8) is 0 Å². The second kappa shape index (κ2) is 7.33. The zero-order valence-corrected chi connectivity index (χ0v) is 17.5. The first kappa shape index (κ1) is 17.9. The molecule has 0 amide bonds. The zero-order chi connectivity index (χ0) is 19.1. The molecule has 2 aromatic heterocycles. The van der Waals surface area contributed by atoms with Crippen molar-refractivity contribution in [2.45, 2.75) is 26.2 Å². The van der Waals surface area contributed by atoms with Gasteiger partial charge in [-0.1, -0.05) is 6.92 Å². The van der Waals surface area contributed by atoms with Gasteiger partial charge in [-0.3, -0.25) is 0 Å². The number of nitrogens with one attached hydrogen (secondary N) is 2. The van der Waals surface area contributed by atoms with Crippen molar-refractivity contribution >= 4 is 38.7 Å². The molecule has 1 unspecified atom stereocenters. The van der Waals surface area contributed by atoms with E-state index in [1.165, 1.54) is 47.4 Å². The average Bonchev–Trinajstić information content (AvgIpc) is 3.07. The van der Waals surface area contributed by atoms with E-state index in [0.29, 0.717) is 0 Å². The molecule has 0 saturated carbocycles. The summed E-state index contributed by atoms with van der Waals surface area (Å²) in [7, 11) is 2.27. The molecule has 6 heteroatoms. The molecule has 3 heterocycles. The molecule has 0 bridgehead atoms. The molecule has 2 aliphatic rings. The highest BCUT2D eigenvalue weighted by Gasteiger charge is 2.23. The molecule has 3 aromatic rings. The summed E-state index contributed by atoms with van der Waals surface area (Å²) in [6, 6.07) is 8.81. The van der Waals surface area contributed by atoms with Gasteiger partial charge in [-0.05, 0) is 55.0 Å². The molecule has 1 fully saturated rings. The fraction of sp³-hybridized carbons (Fsp3) is 0.455. The van der Waals surface area contributed by atoms with E-state index in [-0.39, 0.29) is 0 Å². The Hall–Kier alpha value is -2.18. The molecule has 5 rings (SSSR count). The van der Waals surface area contributed by atoms with Crippen LogP contribution in [0.5, 0.6) is 0 Å². The minimum Gasteiger partial charge on any atom is -0.360 e. The Labute approximate surface area is 170 Å². The van der Waals surface area contributed by atoms with Crippen LogP contribution in [0.4, 0.5) is 17.2 Å². The first-order chi connectivity index (χ1) is 13.7. The molecule has 0 radical (unpaired) electrons. The van der Waals surface area contributed by atoms with Crippen LogP contribution in [0, 0.1) is 5.92 Å². The van der Waals surface area contributed by atoms with Crippen LogP contribution in [-0.4, -0.2) is 43.2 Å². The Morgan fingerprint density at radius 1 is 1.14 bits per heavy atom. The number of nitrogens with zero attached hydrogens (tertiary/aromatic N) is 3. The maximum Gasteiger partial charge on any atom is 0.142 e. The van der Waals surface area contributed by atoms with Gasteiger partial charge >= 0.3 is 0 Å². The van der Waals surface area contributed by atoms with E-state index in [1.54, 1.807) is 11.2 Å². The quantitative estimate of drug-likeness (QED) is 0.717. The largest absolute Gasteiger partial charge is 0.360 e. The monoisotopic (exact) mass is 394 g/mol. The number of aryl methyl sites for hydroxylation is 1. The lowest BCUT2D eigenvalue weighted by atomic mass is 9.89. The lowest BCUT2D eigenvalue weighted by Crippen LogP contribution is -3.12. The number of thiophene rings is 1. The van der Waals surface area contributed by atoms with Gasteiger partial charge in [0.05, 0.1) is 38.6 Å². The number of hydrogen-bond acceptors (Lipinski definition) is 5. The summed E-state index contributed by atoms with van der Waals surface area (Å²) in [5.41, 5.74) is 3.87. The van der Waals surface area contributed by atoms with Crippen molar-refractivity contribution in [3.05, 3.63) is 41.0 Å². The molecular weight excluding hydrogens is 366 g/mol. The van der Waals surface area contributed by atoms with Crippen LogP contribution in [0.25, 0.3) is 10.2 Å². The number of rotatable bonds is 3. The number of aromatic nitrogens is 2. The van der Waals surface area contributed by atoms with Crippen LogP contribution >= 0.6 is 11.3 Å². The number of quaternary nitrogens is 1. The van der Waals surface area contributed by atoms with E-state index >= 15 is 0 Å². The zero-order valence-electron chi connectivity index (χ0n) is 16.7. The smallest absolute Gasteiger partial charge is 0.142 e. The second-order valence-corrected chi connectivity index (χ2v) is 9.45. The summed E-state index contributed by atoms with van der Waals surface area (Å²) < 4.78 is 0. The summed E-state index contributed by atoms with van der Waals surface area (Å²) in [5.74, 6) is 1.72. The minimum absolute atomic E-state index is 0.772. The third-order valence-corrected chi connectivity index (χ3v) is 7.37. The lowest BCUT2D eigenvalue weighted by Gasteiger charge is -2.31. The summed E-state index contributed by atoms with van der Waals surface area (Å²) in [6.45, 7) is 7.03. The standard InChI is InChI=1S/C22H27N5S/c1-15-3-8-18-19(13-15)28-22-20(18)21(23-14-24-22)25-16-4-6-17(7-5-16)27-11-9-26(2)10-12-27/h4-7,14-15H,3,8-13H2,1-2H3,(H,23,24,25)/p+1. The number of piperazine rings is 1. The lowest BCUT2D eigenvalue weighted by molar-refractivity contribution is -0.880. The molecule has 146 valence electrons. The van der Waals surface area contributed by atoms with Gasteiger partial charge < -0.3 is 15.1 Å².